The van der Waals surface area contributed by atoms with Crippen LogP contribution in [-0.2, 0) is 19.0 Å². The third-order valence-electron chi connectivity index (χ3n) is 3.37. The number of hydrogen-bond donors (Lipinski definition) is 1. The molecule has 1 aliphatic heterocycles. The van der Waals surface area contributed by atoms with Crippen LogP contribution in [0.1, 0.15) is 51.9 Å². The predicted molar refractivity (Wildman–Crippen MR) is 70.7 cm³/mol. The zero-order valence-electron chi connectivity index (χ0n) is 12.0. The molecule has 2 atom stereocenters. The first-order valence-corrected chi connectivity index (χ1v) is 7.07. The second-order valence-corrected chi connectivity index (χ2v) is 5.35. The van der Waals surface area contributed by atoms with Gasteiger partial charge in [-0.1, -0.05) is 19.3 Å². The van der Waals surface area contributed by atoms with Gasteiger partial charge in [-0.05, 0) is 26.2 Å². The summed E-state index contributed by atoms with van der Waals surface area (Å²) in [6.07, 6.45) is 6.42. The Balaban J connectivity index is 1.93. The molecule has 0 bridgehead atoms. The molecule has 0 spiro atoms. The van der Waals surface area contributed by atoms with Gasteiger partial charge in [0.15, 0.2) is 6.29 Å². The normalized spacial score (nSPS) is 26.6. The predicted octanol–water partition coefficient (Wildman–Crippen LogP) is 2.01. The molecule has 0 aromatic carbocycles. The highest BCUT2D eigenvalue weighted by Gasteiger charge is 2.35. The summed E-state index contributed by atoms with van der Waals surface area (Å²) in [6, 6.07) is 0. The maximum absolute atomic E-state index is 10.9. The maximum atomic E-state index is 10.9. The van der Waals surface area contributed by atoms with Crippen LogP contribution in [0, 0.1) is 0 Å². The molecule has 0 aromatic rings. The van der Waals surface area contributed by atoms with Crippen LogP contribution in [0.5, 0.6) is 0 Å². The fourth-order valence-corrected chi connectivity index (χ4v) is 2.09. The van der Waals surface area contributed by atoms with Crippen molar-refractivity contribution in [1.29, 1.82) is 0 Å². The topological polar surface area (TPSA) is 65.0 Å². The van der Waals surface area contributed by atoms with Crippen LogP contribution >= 0.6 is 0 Å². The maximum Gasteiger partial charge on any atom is 0.305 e. The van der Waals surface area contributed by atoms with Gasteiger partial charge in [0, 0.05) is 6.42 Å². The Morgan fingerprint density at radius 3 is 2.63 bits per heavy atom. The number of aliphatic hydroxyl groups excluding tert-OH is 1. The molecule has 2 unspecified atom stereocenters. The average Bonchev–Trinajstić information content (AvgIpc) is 2.80. The lowest BCUT2D eigenvalue weighted by Gasteiger charge is -2.18. The number of carbonyl (C=O) groups is 1. The lowest BCUT2D eigenvalue weighted by Crippen LogP contribution is -2.32. The molecule has 1 saturated heterocycles. The van der Waals surface area contributed by atoms with Crippen LogP contribution in [0.3, 0.4) is 0 Å². The van der Waals surface area contributed by atoms with Gasteiger partial charge in [0.25, 0.3) is 0 Å². The zero-order chi connectivity index (χ0) is 14.1. The number of methoxy groups -OCH3 is 1. The minimum Gasteiger partial charge on any atom is -0.469 e. The van der Waals surface area contributed by atoms with Crippen molar-refractivity contribution in [2.75, 3.05) is 20.3 Å². The first kappa shape index (κ1) is 16.4. The van der Waals surface area contributed by atoms with Crippen LogP contribution in [0.25, 0.3) is 0 Å². The fourth-order valence-electron chi connectivity index (χ4n) is 2.09. The quantitative estimate of drug-likeness (QED) is 0.514. The number of ether oxygens (including phenoxy) is 3. The Morgan fingerprint density at radius 2 is 2.00 bits per heavy atom. The van der Waals surface area contributed by atoms with Gasteiger partial charge in [0.05, 0.1) is 20.3 Å². The van der Waals surface area contributed by atoms with Gasteiger partial charge in [-0.15, -0.1) is 0 Å². The van der Waals surface area contributed by atoms with E-state index in [1.807, 2.05) is 6.92 Å². The highest BCUT2D eigenvalue weighted by Crippen LogP contribution is 2.25. The zero-order valence-corrected chi connectivity index (χ0v) is 12.0. The van der Waals surface area contributed by atoms with Gasteiger partial charge >= 0.3 is 5.97 Å². The summed E-state index contributed by atoms with van der Waals surface area (Å²) >= 11 is 0. The third kappa shape index (κ3) is 6.36. The van der Waals surface area contributed by atoms with Gasteiger partial charge in [0.1, 0.15) is 5.60 Å². The number of aliphatic hydroxyl groups is 1. The van der Waals surface area contributed by atoms with Crippen LogP contribution in [0.4, 0.5) is 0 Å². The molecule has 0 aromatic heterocycles. The molecule has 0 radical (unpaired) electrons. The number of rotatable bonds is 9. The summed E-state index contributed by atoms with van der Waals surface area (Å²) in [5, 5.41) is 9.13. The van der Waals surface area contributed by atoms with E-state index in [0.29, 0.717) is 13.0 Å². The summed E-state index contributed by atoms with van der Waals surface area (Å²) in [5.74, 6) is -0.129. The molecule has 19 heavy (non-hydrogen) atoms. The van der Waals surface area contributed by atoms with Crippen molar-refractivity contribution in [3.05, 3.63) is 0 Å². The summed E-state index contributed by atoms with van der Waals surface area (Å²) in [7, 11) is 1.42. The number of unbranched alkanes of at least 4 members (excludes halogenated alkanes) is 4. The lowest BCUT2D eigenvalue weighted by atomic mass is 10.1. The molecule has 112 valence electrons. The molecule has 0 saturated carbocycles. The summed E-state index contributed by atoms with van der Waals surface area (Å²) < 4.78 is 15.7. The van der Waals surface area contributed by atoms with E-state index >= 15 is 0 Å². The number of hydrogen-bond acceptors (Lipinski definition) is 5. The second-order valence-electron chi connectivity index (χ2n) is 5.35. The van der Waals surface area contributed by atoms with Crippen molar-refractivity contribution in [2.45, 2.75) is 63.8 Å². The Morgan fingerprint density at radius 1 is 1.32 bits per heavy atom. The second kappa shape index (κ2) is 8.51. The average molecular weight is 274 g/mol. The minimum atomic E-state index is -0.523. The molecule has 1 heterocycles. The van der Waals surface area contributed by atoms with E-state index in [1.54, 1.807) is 0 Å². The van der Waals surface area contributed by atoms with Crippen LogP contribution in [-0.4, -0.2) is 43.3 Å². The molecule has 5 heteroatoms. The molecule has 1 N–H and O–H groups in total. The van der Waals surface area contributed by atoms with Crippen molar-refractivity contribution >= 4 is 5.97 Å². The molecule has 1 rings (SSSR count). The van der Waals surface area contributed by atoms with Crippen LogP contribution in [0.15, 0.2) is 0 Å². The molecule has 1 aliphatic rings. The van der Waals surface area contributed by atoms with E-state index in [0.717, 1.165) is 38.5 Å². The standard InChI is InChI=1S/C14H26O5/c1-14(10-15)11-18-13(19-14)9-7-5-3-4-6-8-12(16)17-2/h13,15H,3-11H2,1-2H3. The van der Waals surface area contributed by atoms with Crippen LogP contribution in [0.2, 0.25) is 0 Å². The van der Waals surface area contributed by atoms with E-state index in [4.69, 9.17) is 14.6 Å². The Hall–Kier alpha value is -0.650. The highest BCUT2D eigenvalue weighted by molar-refractivity contribution is 5.68. The Kier molecular flexibility index (Phi) is 7.34. The monoisotopic (exact) mass is 274 g/mol. The Bertz CT molecular complexity index is 269. The van der Waals surface area contributed by atoms with Gasteiger partial charge in [0.2, 0.25) is 0 Å². The summed E-state index contributed by atoms with van der Waals surface area (Å²) in [6.45, 7) is 2.32. The van der Waals surface area contributed by atoms with Gasteiger partial charge in [-0.2, -0.15) is 0 Å². The summed E-state index contributed by atoms with van der Waals surface area (Å²) in [5.41, 5.74) is -0.523. The van der Waals surface area contributed by atoms with Crippen molar-refractivity contribution < 1.29 is 24.1 Å². The van der Waals surface area contributed by atoms with Gasteiger partial charge in [-0.25, -0.2) is 0 Å². The molecule has 0 aliphatic carbocycles. The van der Waals surface area contributed by atoms with E-state index in [2.05, 4.69) is 4.74 Å². The smallest absolute Gasteiger partial charge is 0.305 e. The Labute approximate surface area is 115 Å². The van der Waals surface area contributed by atoms with Gasteiger partial charge < -0.3 is 19.3 Å². The van der Waals surface area contributed by atoms with Gasteiger partial charge in [-0.3, -0.25) is 4.79 Å². The largest absolute Gasteiger partial charge is 0.469 e. The van der Waals surface area contributed by atoms with Crippen LogP contribution < -0.4 is 0 Å². The van der Waals surface area contributed by atoms with Crippen molar-refractivity contribution in [3.8, 4) is 0 Å². The lowest BCUT2D eigenvalue weighted by molar-refractivity contribution is -0.140. The highest BCUT2D eigenvalue weighted by atomic mass is 16.7. The number of esters is 1. The van der Waals surface area contributed by atoms with Crippen molar-refractivity contribution in [3.63, 3.8) is 0 Å². The minimum absolute atomic E-state index is 0.00295. The molecule has 5 nitrogen and oxygen atoms in total. The first-order chi connectivity index (χ1) is 9.09. The van der Waals surface area contributed by atoms with E-state index in [-0.39, 0.29) is 18.9 Å². The molecular formula is C14H26O5. The van der Waals surface area contributed by atoms with E-state index in [1.165, 1.54) is 7.11 Å². The fraction of sp³-hybridized carbons (Fsp3) is 0.929. The SMILES string of the molecule is COC(=O)CCCCCCCC1OCC(C)(CO)O1. The van der Waals surface area contributed by atoms with E-state index < -0.39 is 5.60 Å². The number of carbonyl (C=O) groups excluding carboxylic acids is 1. The molecule has 0 amide bonds. The molecular weight excluding hydrogens is 248 g/mol. The summed E-state index contributed by atoms with van der Waals surface area (Å²) in [4.78, 5) is 10.9. The van der Waals surface area contributed by atoms with Crippen molar-refractivity contribution in [2.24, 2.45) is 0 Å². The first-order valence-electron chi connectivity index (χ1n) is 7.07. The van der Waals surface area contributed by atoms with Crippen molar-refractivity contribution in [1.82, 2.24) is 0 Å². The van der Waals surface area contributed by atoms with E-state index in [9.17, 15) is 4.79 Å². The third-order valence-corrected chi connectivity index (χ3v) is 3.37. The molecule has 1 fully saturated rings.